The standard InChI is InChI=1S/C26H40N2S.C18H38S.C8H3N3O2.CH4/c1-2-3-4-5-6-7-8-9-10-11-12-13-14-15-16-17-21-29-26-20-18-19-24(22-27)25(26)23-28;1-2-3-4-5-6-7-8-9-10-11-12-13-14-15-16-17-18-19;9-4-6-2-1-3-8(11(12)13)7(6)5-10;/h18-20H,2-17,21H2,1H3;19H,2-18H2,1H3;1-3H;1H4. The number of nitrogens with zero attached hydrogens (tertiary/aromatic N) is 5. The fourth-order valence-corrected chi connectivity index (χ4v) is 8.52. The Morgan fingerprint density at radius 2 is 0.806 bits per heavy atom. The first-order valence-electron chi connectivity index (χ1n) is 24.2. The Kier molecular flexibility index (Phi) is 45.9. The van der Waals surface area contributed by atoms with Crippen LogP contribution in [0.3, 0.4) is 0 Å². The van der Waals surface area contributed by atoms with Crippen LogP contribution in [-0.4, -0.2) is 16.4 Å². The summed E-state index contributed by atoms with van der Waals surface area (Å²) in [4.78, 5) is 10.7. The molecule has 0 saturated carbocycles. The van der Waals surface area contributed by atoms with Gasteiger partial charge in [0.2, 0.25) is 0 Å². The number of thiol groups is 1. The van der Waals surface area contributed by atoms with Crippen molar-refractivity contribution in [3.63, 3.8) is 0 Å². The van der Waals surface area contributed by atoms with Crippen LogP contribution in [-0.2, 0) is 0 Å². The van der Waals surface area contributed by atoms with Gasteiger partial charge in [0.25, 0.3) is 5.69 Å². The van der Waals surface area contributed by atoms with Gasteiger partial charge in [-0.05, 0) is 42.5 Å². The van der Waals surface area contributed by atoms with Gasteiger partial charge in [0, 0.05) is 11.0 Å². The van der Waals surface area contributed by atoms with Crippen LogP contribution in [0.15, 0.2) is 41.3 Å². The van der Waals surface area contributed by atoms with Crippen molar-refractivity contribution in [3.05, 3.63) is 68.8 Å². The summed E-state index contributed by atoms with van der Waals surface area (Å²) in [6.07, 6.45) is 45.3. The lowest BCUT2D eigenvalue weighted by atomic mass is 10.0. The van der Waals surface area contributed by atoms with Crippen molar-refractivity contribution < 1.29 is 4.92 Å². The summed E-state index contributed by atoms with van der Waals surface area (Å²) in [5.41, 5.74) is 0.536. The van der Waals surface area contributed by atoms with Crippen LogP contribution in [0, 0.1) is 55.4 Å². The molecule has 0 aliphatic heterocycles. The van der Waals surface area contributed by atoms with Crippen LogP contribution in [0.4, 0.5) is 5.69 Å². The molecule has 9 heteroatoms. The second kappa shape index (κ2) is 47.0. The van der Waals surface area contributed by atoms with Crippen molar-refractivity contribution in [1.82, 2.24) is 0 Å². The Bertz CT molecular complexity index is 1520. The Morgan fingerprint density at radius 3 is 1.13 bits per heavy atom. The summed E-state index contributed by atoms with van der Waals surface area (Å²) >= 11 is 5.96. The van der Waals surface area contributed by atoms with Gasteiger partial charge in [0.05, 0.1) is 21.6 Å². The molecule has 0 aromatic heterocycles. The molecular formula is C53H85N5O2S2. The molecule has 62 heavy (non-hydrogen) atoms. The van der Waals surface area contributed by atoms with Crippen molar-refractivity contribution in [2.45, 2.75) is 232 Å². The van der Waals surface area contributed by atoms with Crippen LogP contribution in [0.2, 0.25) is 0 Å². The van der Waals surface area contributed by atoms with E-state index in [0.29, 0.717) is 11.1 Å². The van der Waals surface area contributed by atoms with Crippen molar-refractivity contribution >= 4 is 30.1 Å². The maximum atomic E-state index is 10.4. The SMILES string of the molecule is C.CCCCCCCCCCCCCCCCCCS.CCCCCCCCCCCCCCCCCCSc1cccc(C#N)c1C#N.N#Cc1cccc([N+](=O)[O-])c1C#N. The Balaban J connectivity index is 0. The van der Waals surface area contributed by atoms with Crippen LogP contribution in [0.1, 0.15) is 249 Å². The Morgan fingerprint density at radius 1 is 0.484 bits per heavy atom. The van der Waals surface area contributed by atoms with Crippen LogP contribution < -0.4 is 0 Å². The lowest BCUT2D eigenvalue weighted by molar-refractivity contribution is -0.385. The Hall–Kier alpha value is -3.50. The zero-order valence-electron chi connectivity index (χ0n) is 38.4. The van der Waals surface area contributed by atoms with Crippen molar-refractivity contribution in [2.24, 2.45) is 0 Å². The fourth-order valence-electron chi connectivity index (χ4n) is 7.26. The molecule has 0 saturated heterocycles. The highest BCUT2D eigenvalue weighted by Gasteiger charge is 2.16. The predicted octanol–water partition coefficient (Wildman–Crippen LogP) is 17.9. The Labute approximate surface area is 390 Å². The number of thioether (sulfide) groups is 1. The van der Waals surface area contributed by atoms with E-state index in [0.717, 1.165) is 16.4 Å². The average molecular weight is 888 g/mol. The number of rotatable bonds is 35. The molecule has 0 aliphatic rings. The van der Waals surface area contributed by atoms with E-state index in [4.69, 9.17) is 15.8 Å². The van der Waals surface area contributed by atoms with Gasteiger partial charge in [-0.1, -0.05) is 226 Å². The molecule has 0 amide bonds. The molecule has 0 heterocycles. The maximum absolute atomic E-state index is 10.4. The van der Waals surface area contributed by atoms with Crippen LogP contribution >= 0.6 is 24.4 Å². The molecule has 0 atom stereocenters. The maximum Gasteiger partial charge on any atom is 0.288 e. The highest BCUT2D eigenvalue weighted by molar-refractivity contribution is 7.99. The summed E-state index contributed by atoms with van der Waals surface area (Å²) in [5.74, 6) is 2.10. The summed E-state index contributed by atoms with van der Waals surface area (Å²) in [6, 6.07) is 17.1. The smallest absolute Gasteiger partial charge is 0.258 e. The van der Waals surface area contributed by atoms with E-state index in [1.807, 2.05) is 12.1 Å². The number of unbranched alkanes of at least 4 members (excludes halogenated alkanes) is 30. The second-order valence-electron chi connectivity index (χ2n) is 16.3. The van der Waals surface area contributed by atoms with E-state index in [-0.39, 0.29) is 24.2 Å². The molecule has 0 unspecified atom stereocenters. The van der Waals surface area contributed by atoms with Crippen molar-refractivity contribution in [2.75, 3.05) is 11.5 Å². The van der Waals surface area contributed by atoms with E-state index in [1.165, 1.54) is 224 Å². The lowest BCUT2D eigenvalue weighted by Gasteiger charge is -2.05. The molecule has 0 fully saturated rings. The summed E-state index contributed by atoms with van der Waals surface area (Å²) in [7, 11) is 0. The number of hydrogen-bond donors (Lipinski definition) is 1. The molecule has 0 bridgehead atoms. The van der Waals surface area contributed by atoms with Crippen molar-refractivity contribution in [3.8, 4) is 24.3 Å². The fraction of sp³-hybridized carbons (Fsp3) is 0.698. The molecule has 2 rings (SSSR count). The first kappa shape index (κ1) is 60.6. The largest absolute Gasteiger partial charge is 0.288 e. The van der Waals surface area contributed by atoms with E-state index in [1.54, 1.807) is 30.0 Å². The summed E-state index contributed by atoms with van der Waals surface area (Å²) in [5, 5.41) is 45.8. The van der Waals surface area contributed by atoms with Gasteiger partial charge < -0.3 is 0 Å². The summed E-state index contributed by atoms with van der Waals surface area (Å²) in [6.45, 7) is 4.57. The minimum Gasteiger partial charge on any atom is -0.258 e. The van der Waals surface area contributed by atoms with Gasteiger partial charge >= 0.3 is 0 Å². The van der Waals surface area contributed by atoms with Crippen LogP contribution in [0.5, 0.6) is 0 Å². The molecule has 0 N–H and O–H groups in total. The van der Waals surface area contributed by atoms with Gasteiger partial charge in [0.15, 0.2) is 0 Å². The molecule has 0 aliphatic carbocycles. The van der Waals surface area contributed by atoms with Gasteiger partial charge in [-0.15, -0.1) is 11.8 Å². The molecule has 0 radical (unpaired) electrons. The second-order valence-corrected chi connectivity index (χ2v) is 17.8. The summed E-state index contributed by atoms with van der Waals surface area (Å²) < 4.78 is 0. The van der Waals surface area contributed by atoms with Crippen molar-refractivity contribution in [1.29, 1.82) is 21.0 Å². The molecule has 7 nitrogen and oxygen atoms in total. The normalized spacial score (nSPS) is 10.1. The van der Waals surface area contributed by atoms with Gasteiger partial charge in [0.1, 0.15) is 29.8 Å². The van der Waals surface area contributed by atoms with E-state index in [9.17, 15) is 15.4 Å². The third-order valence-corrected chi connectivity index (χ3v) is 12.5. The quantitative estimate of drug-likeness (QED) is 0.0239. The molecule has 2 aromatic rings. The van der Waals surface area contributed by atoms with Gasteiger partial charge in [-0.25, -0.2) is 0 Å². The highest BCUT2D eigenvalue weighted by Crippen LogP contribution is 2.26. The highest BCUT2D eigenvalue weighted by atomic mass is 32.2. The average Bonchev–Trinajstić information content (AvgIpc) is 3.28. The first-order chi connectivity index (χ1) is 29.9. The van der Waals surface area contributed by atoms with Gasteiger partial charge in [-0.3, -0.25) is 10.1 Å². The minimum atomic E-state index is -0.681. The topological polar surface area (TPSA) is 138 Å². The van der Waals surface area contributed by atoms with E-state index < -0.39 is 4.92 Å². The third kappa shape index (κ3) is 34.0. The molecule has 346 valence electrons. The number of hydrogen-bond acceptors (Lipinski definition) is 8. The zero-order valence-corrected chi connectivity index (χ0v) is 40.1. The molecular weight excluding hydrogens is 803 g/mol. The monoisotopic (exact) mass is 888 g/mol. The number of nitriles is 4. The predicted molar refractivity (Wildman–Crippen MR) is 269 cm³/mol. The number of nitro groups is 1. The number of nitro benzene ring substituents is 1. The molecule has 2 aromatic carbocycles. The minimum absolute atomic E-state index is 0. The van der Waals surface area contributed by atoms with Crippen LogP contribution in [0.25, 0.3) is 0 Å². The third-order valence-electron chi connectivity index (χ3n) is 11.0. The van der Waals surface area contributed by atoms with Gasteiger partial charge in [-0.2, -0.15) is 33.7 Å². The van der Waals surface area contributed by atoms with E-state index in [2.05, 4.69) is 38.6 Å². The first-order valence-corrected chi connectivity index (χ1v) is 25.8. The lowest BCUT2D eigenvalue weighted by Crippen LogP contribution is -1.94. The zero-order chi connectivity index (χ0) is 44.9. The number of benzene rings is 2. The molecule has 0 spiro atoms. The van der Waals surface area contributed by atoms with E-state index >= 15 is 0 Å².